The third-order valence-corrected chi connectivity index (χ3v) is 3.83. The van der Waals surface area contributed by atoms with Gasteiger partial charge in [0.1, 0.15) is 5.75 Å². The first-order chi connectivity index (χ1) is 12.2. The third-order valence-electron chi connectivity index (χ3n) is 3.83. The minimum Gasteiger partial charge on any atom is -0.497 e. The van der Waals surface area contributed by atoms with E-state index in [1.54, 1.807) is 42.3 Å². The predicted molar refractivity (Wildman–Crippen MR) is 93.4 cm³/mol. The second kappa shape index (κ2) is 7.63. The van der Waals surface area contributed by atoms with E-state index >= 15 is 0 Å². The molecule has 1 atom stereocenters. The minimum absolute atomic E-state index is 0.333. The van der Waals surface area contributed by atoms with Crippen LogP contribution in [-0.4, -0.2) is 27.9 Å². The van der Waals surface area contributed by atoms with Crippen LogP contribution in [0.25, 0.3) is 5.69 Å². The molecule has 1 aromatic heterocycles. The molecule has 0 saturated heterocycles. The van der Waals surface area contributed by atoms with Crippen LogP contribution < -0.4 is 10.1 Å². The summed E-state index contributed by atoms with van der Waals surface area (Å²) in [6.07, 6.45) is 2.34. The molecule has 2 aromatic carbocycles. The zero-order valence-electron chi connectivity index (χ0n) is 13.8. The summed E-state index contributed by atoms with van der Waals surface area (Å²) < 4.78 is 6.86. The van der Waals surface area contributed by atoms with Crippen molar-refractivity contribution in [3.8, 4) is 11.4 Å². The fraction of sp³-hybridized carbons (Fsp3) is 0.158. The van der Waals surface area contributed by atoms with Gasteiger partial charge in [0.15, 0.2) is 6.10 Å². The molecule has 3 rings (SSSR count). The molecule has 0 aliphatic rings. The van der Waals surface area contributed by atoms with E-state index in [-0.39, 0.29) is 0 Å². The summed E-state index contributed by atoms with van der Waals surface area (Å²) in [7, 11) is 1.54. The highest BCUT2D eigenvalue weighted by Gasteiger charge is 2.17. The van der Waals surface area contributed by atoms with Crippen LogP contribution in [0, 0.1) is 0 Å². The van der Waals surface area contributed by atoms with E-state index in [0.29, 0.717) is 17.9 Å². The summed E-state index contributed by atoms with van der Waals surface area (Å²) in [5.41, 5.74) is 2.37. The van der Waals surface area contributed by atoms with E-state index in [9.17, 15) is 9.90 Å². The SMILES string of the molecule is COc1cccc([C@@H](O)C(=O)NCc2ccc(-n3cccn3)cc2)c1. The summed E-state index contributed by atoms with van der Waals surface area (Å²) in [5, 5.41) is 17.1. The van der Waals surface area contributed by atoms with Crippen LogP contribution in [0.15, 0.2) is 67.0 Å². The first-order valence-corrected chi connectivity index (χ1v) is 7.86. The number of nitrogens with zero attached hydrogens (tertiary/aromatic N) is 2. The van der Waals surface area contributed by atoms with Crippen LogP contribution >= 0.6 is 0 Å². The van der Waals surface area contributed by atoms with Gasteiger partial charge in [0.25, 0.3) is 5.91 Å². The van der Waals surface area contributed by atoms with Crippen LogP contribution in [0.3, 0.4) is 0 Å². The zero-order chi connectivity index (χ0) is 17.6. The molecule has 2 N–H and O–H groups in total. The Labute approximate surface area is 145 Å². The van der Waals surface area contributed by atoms with Crippen LogP contribution in [-0.2, 0) is 11.3 Å². The summed E-state index contributed by atoms with van der Waals surface area (Å²) in [6.45, 7) is 0.333. The van der Waals surface area contributed by atoms with Crippen molar-refractivity contribution < 1.29 is 14.6 Å². The number of aliphatic hydroxyl groups is 1. The molecule has 1 heterocycles. The van der Waals surface area contributed by atoms with Crippen molar-refractivity contribution in [2.45, 2.75) is 12.6 Å². The highest BCUT2D eigenvalue weighted by atomic mass is 16.5. The summed E-state index contributed by atoms with van der Waals surface area (Å²) in [6, 6.07) is 16.3. The first kappa shape index (κ1) is 16.7. The normalized spacial score (nSPS) is 11.8. The lowest BCUT2D eigenvalue weighted by Gasteiger charge is -2.13. The molecule has 0 unspecified atom stereocenters. The van der Waals surface area contributed by atoms with Gasteiger partial charge in [0.05, 0.1) is 12.8 Å². The molecule has 0 spiro atoms. The molecule has 128 valence electrons. The molecular weight excluding hydrogens is 318 g/mol. The number of nitrogens with one attached hydrogen (secondary N) is 1. The van der Waals surface area contributed by atoms with Gasteiger partial charge in [0, 0.05) is 18.9 Å². The molecule has 0 aliphatic carbocycles. The fourth-order valence-electron chi connectivity index (χ4n) is 2.44. The summed E-state index contributed by atoms with van der Waals surface area (Å²) in [5.74, 6) is 0.142. The average Bonchev–Trinajstić information content (AvgIpc) is 3.20. The van der Waals surface area contributed by atoms with Crippen molar-refractivity contribution in [2.24, 2.45) is 0 Å². The van der Waals surface area contributed by atoms with Crippen molar-refractivity contribution in [1.29, 1.82) is 0 Å². The second-order valence-corrected chi connectivity index (χ2v) is 5.51. The van der Waals surface area contributed by atoms with Gasteiger partial charge < -0.3 is 15.2 Å². The van der Waals surface area contributed by atoms with Gasteiger partial charge in [-0.25, -0.2) is 4.68 Å². The summed E-state index contributed by atoms with van der Waals surface area (Å²) in [4.78, 5) is 12.2. The van der Waals surface area contributed by atoms with E-state index in [1.807, 2.05) is 36.5 Å². The second-order valence-electron chi connectivity index (χ2n) is 5.51. The van der Waals surface area contributed by atoms with Crippen molar-refractivity contribution >= 4 is 5.91 Å². The van der Waals surface area contributed by atoms with Crippen molar-refractivity contribution in [3.05, 3.63) is 78.1 Å². The van der Waals surface area contributed by atoms with Gasteiger partial charge in [-0.05, 0) is 41.5 Å². The van der Waals surface area contributed by atoms with E-state index in [2.05, 4.69) is 10.4 Å². The number of aliphatic hydroxyl groups excluding tert-OH is 1. The Morgan fingerprint density at radius 1 is 1.24 bits per heavy atom. The number of hydrogen-bond donors (Lipinski definition) is 2. The number of rotatable bonds is 6. The standard InChI is InChI=1S/C19H19N3O3/c1-25-17-5-2-4-15(12-17)18(23)19(24)20-13-14-6-8-16(9-7-14)22-11-3-10-21-22/h2-12,18,23H,13H2,1H3,(H,20,24)/t18-/m1/s1. The van der Waals surface area contributed by atoms with E-state index in [4.69, 9.17) is 4.74 Å². The number of ether oxygens (including phenoxy) is 1. The zero-order valence-corrected chi connectivity index (χ0v) is 13.8. The Kier molecular flexibility index (Phi) is 5.11. The molecule has 25 heavy (non-hydrogen) atoms. The van der Waals surface area contributed by atoms with Crippen molar-refractivity contribution in [3.63, 3.8) is 0 Å². The summed E-state index contributed by atoms with van der Waals surface area (Å²) >= 11 is 0. The molecule has 0 bridgehead atoms. The smallest absolute Gasteiger partial charge is 0.253 e. The Balaban J connectivity index is 1.59. The number of amides is 1. The van der Waals surface area contributed by atoms with E-state index in [1.165, 1.54) is 0 Å². The number of benzene rings is 2. The molecule has 0 radical (unpaired) electrons. The van der Waals surface area contributed by atoms with Crippen molar-refractivity contribution in [1.82, 2.24) is 15.1 Å². The van der Waals surface area contributed by atoms with Crippen LogP contribution in [0.1, 0.15) is 17.2 Å². The predicted octanol–water partition coefficient (Wildman–Crippen LogP) is 2.23. The first-order valence-electron chi connectivity index (χ1n) is 7.86. The fourth-order valence-corrected chi connectivity index (χ4v) is 2.44. The monoisotopic (exact) mass is 337 g/mol. The van der Waals surface area contributed by atoms with Gasteiger partial charge in [-0.2, -0.15) is 5.10 Å². The van der Waals surface area contributed by atoms with Crippen LogP contribution in [0.2, 0.25) is 0 Å². The van der Waals surface area contributed by atoms with Crippen LogP contribution in [0.5, 0.6) is 5.75 Å². The van der Waals surface area contributed by atoms with Gasteiger partial charge in [-0.3, -0.25) is 4.79 Å². The lowest BCUT2D eigenvalue weighted by molar-refractivity contribution is -0.129. The molecule has 1 amide bonds. The highest BCUT2D eigenvalue weighted by molar-refractivity contribution is 5.82. The molecule has 0 saturated carbocycles. The number of hydrogen-bond acceptors (Lipinski definition) is 4. The van der Waals surface area contributed by atoms with E-state index in [0.717, 1.165) is 11.3 Å². The van der Waals surface area contributed by atoms with Gasteiger partial charge in [-0.1, -0.05) is 24.3 Å². The maximum atomic E-state index is 12.2. The Bertz CT molecular complexity index is 829. The number of methoxy groups -OCH3 is 1. The van der Waals surface area contributed by atoms with E-state index < -0.39 is 12.0 Å². The largest absolute Gasteiger partial charge is 0.497 e. The quantitative estimate of drug-likeness (QED) is 0.723. The van der Waals surface area contributed by atoms with Crippen molar-refractivity contribution in [2.75, 3.05) is 7.11 Å². The number of carbonyl (C=O) groups is 1. The minimum atomic E-state index is -1.24. The topological polar surface area (TPSA) is 76.4 Å². The van der Waals surface area contributed by atoms with Gasteiger partial charge in [0.2, 0.25) is 0 Å². The maximum absolute atomic E-state index is 12.2. The molecular formula is C19H19N3O3. The van der Waals surface area contributed by atoms with Gasteiger partial charge in [-0.15, -0.1) is 0 Å². The number of aromatic nitrogens is 2. The molecule has 0 fully saturated rings. The highest BCUT2D eigenvalue weighted by Crippen LogP contribution is 2.19. The maximum Gasteiger partial charge on any atom is 0.253 e. The lowest BCUT2D eigenvalue weighted by atomic mass is 10.1. The van der Waals surface area contributed by atoms with Crippen LogP contribution in [0.4, 0.5) is 0 Å². The Morgan fingerprint density at radius 3 is 2.72 bits per heavy atom. The number of carbonyl (C=O) groups excluding carboxylic acids is 1. The third kappa shape index (κ3) is 4.05. The lowest BCUT2D eigenvalue weighted by Crippen LogP contribution is -2.28. The Hall–Kier alpha value is -3.12. The van der Waals surface area contributed by atoms with Gasteiger partial charge >= 0.3 is 0 Å². The molecule has 6 heteroatoms. The average molecular weight is 337 g/mol. The Morgan fingerprint density at radius 2 is 2.04 bits per heavy atom. The molecule has 0 aliphatic heterocycles. The molecule has 3 aromatic rings. The molecule has 6 nitrogen and oxygen atoms in total.